The normalized spacial score (nSPS) is 16.7. The van der Waals surface area contributed by atoms with Crippen LogP contribution in [0.15, 0.2) is 41.0 Å². The van der Waals surface area contributed by atoms with E-state index in [2.05, 4.69) is 10.3 Å². The van der Waals surface area contributed by atoms with Gasteiger partial charge >= 0.3 is 0 Å². The molecule has 2 heterocycles. The maximum Gasteiger partial charge on any atom is 0.228 e. The zero-order chi connectivity index (χ0) is 16.0. The molecule has 0 saturated carbocycles. The van der Waals surface area contributed by atoms with Crippen LogP contribution in [0.5, 0.6) is 0 Å². The summed E-state index contributed by atoms with van der Waals surface area (Å²) in [6, 6.07) is 9.22. The number of carbonyl (C=O) groups excluding carboxylic acids is 2. The average Bonchev–Trinajstić information content (AvgIpc) is 3.16. The number of furan rings is 1. The highest BCUT2D eigenvalue weighted by molar-refractivity contribution is 6.14. The highest BCUT2D eigenvalue weighted by Gasteiger charge is 2.34. The number of aromatic amines is 1. The van der Waals surface area contributed by atoms with Crippen LogP contribution in [0.4, 0.5) is 0 Å². The summed E-state index contributed by atoms with van der Waals surface area (Å²) >= 11 is 0. The molecule has 2 aromatic heterocycles. The average molecular weight is 308 g/mol. The number of Topliss-reactive ketones (excluding diaryl/α,β-unsaturated/α-hetero) is 1. The molecule has 0 fully saturated rings. The third-order valence-electron chi connectivity index (χ3n) is 4.43. The van der Waals surface area contributed by atoms with Crippen molar-refractivity contribution >= 4 is 22.6 Å². The first-order valence-electron chi connectivity index (χ1n) is 7.59. The molecule has 1 atom stereocenters. The Morgan fingerprint density at radius 1 is 1.35 bits per heavy atom. The minimum Gasteiger partial charge on any atom is -0.467 e. The largest absolute Gasteiger partial charge is 0.467 e. The van der Waals surface area contributed by atoms with E-state index in [1.165, 1.54) is 0 Å². The SMILES string of the molecule is Cc1[nH]c2cccc3c2c1C(C(=O)NCc1ccco1)CC3=O. The van der Waals surface area contributed by atoms with E-state index >= 15 is 0 Å². The van der Waals surface area contributed by atoms with E-state index in [0.717, 1.165) is 22.2 Å². The van der Waals surface area contributed by atoms with Crippen molar-refractivity contribution in [3.63, 3.8) is 0 Å². The number of aryl methyl sites for hydroxylation is 1. The standard InChI is InChI=1S/C18H16N2O3/c1-10-16-13(18(22)19-9-11-4-3-7-23-11)8-15(21)12-5-2-6-14(20-10)17(12)16/h2-7,13,20H,8-9H2,1H3,(H,19,22). The lowest BCUT2D eigenvalue weighted by molar-refractivity contribution is -0.122. The van der Waals surface area contributed by atoms with Crippen LogP contribution in [0.3, 0.4) is 0 Å². The number of carbonyl (C=O) groups is 2. The number of rotatable bonds is 3. The third-order valence-corrected chi connectivity index (χ3v) is 4.43. The fourth-order valence-electron chi connectivity index (χ4n) is 3.40. The number of amides is 1. The summed E-state index contributed by atoms with van der Waals surface area (Å²) in [5.41, 5.74) is 3.49. The van der Waals surface area contributed by atoms with Crippen LogP contribution in [0.1, 0.15) is 39.7 Å². The Morgan fingerprint density at radius 3 is 3.00 bits per heavy atom. The summed E-state index contributed by atoms with van der Waals surface area (Å²) in [5.74, 6) is 0.103. The molecule has 0 aliphatic heterocycles. The van der Waals surface area contributed by atoms with Crippen LogP contribution in [0.25, 0.3) is 10.9 Å². The Morgan fingerprint density at radius 2 is 2.22 bits per heavy atom. The molecular formula is C18H16N2O3. The highest BCUT2D eigenvalue weighted by atomic mass is 16.3. The predicted octanol–water partition coefficient (Wildman–Crippen LogP) is 3.06. The summed E-state index contributed by atoms with van der Waals surface area (Å²) in [6.07, 6.45) is 1.77. The first-order valence-corrected chi connectivity index (χ1v) is 7.59. The minimum absolute atomic E-state index is 0.0141. The molecule has 0 spiro atoms. The number of hydrogen-bond donors (Lipinski definition) is 2. The lowest BCUT2D eigenvalue weighted by Crippen LogP contribution is -2.32. The van der Waals surface area contributed by atoms with Crippen molar-refractivity contribution in [2.75, 3.05) is 0 Å². The number of hydrogen-bond acceptors (Lipinski definition) is 3. The van der Waals surface area contributed by atoms with Crippen molar-refractivity contribution in [1.82, 2.24) is 10.3 Å². The first-order chi connectivity index (χ1) is 11.1. The van der Waals surface area contributed by atoms with Crippen LogP contribution in [0.2, 0.25) is 0 Å². The first kappa shape index (κ1) is 13.8. The number of H-pyrrole nitrogens is 1. The molecule has 1 unspecified atom stereocenters. The van der Waals surface area contributed by atoms with Crippen molar-refractivity contribution in [3.8, 4) is 0 Å². The van der Waals surface area contributed by atoms with Crippen molar-refractivity contribution in [3.05, 3.63) is 59.2 Å². The van der Waals surface area contributed by atoms with Gasteiger partial charge in [0.1, 0.15) is 5.76 Å². The van der Waals surface area contributed by atoms with Gasteiger partial charge in [0, 0.05) is 28.6 Å². The van der Waals surface area contributed by atoms with Gasteiger partial charge in [-0.1, -0.05) is 12.1 Å². The number of nitrogens with one attached hydrogen (secondary N) is 2. The van der Waals surface area contributed by atoms with Gasteiger partial charge in [-0.3, -0.25) is 9.59 Å². The van der Waals surface area contributed by atoms with Gasteiger partial charge in [-0.15, -0.1) is 0 Å². The monoisotopic (exact) mass is 308 g/mol. The van der Waals surface area contributed by atoms with Gasteiger partial charge in [0.2, 0.25) is 5.91 Å². The van der Waals surface area contributed by atoms with Gasteiger partial charge in [-0.25, -0.2) is 0 Å². The second-order valence-corrected chi connectivity index (χ2v) is 5.87. The molecule has 5 nitrogen and oxygen atoms in total. The van der Waals surface area contributed by atoms with Crippen molar-refractivity contribution in [1.29, 1.82) is 0 Å². The Kier molecular flexibility index (Phi) is 3.08. The zero-order valence-corrected chi connectivity index (χ0v) is 12.7. The molecule has 1 aromatic carbocycles. The molecule has 1 amide bonds. The van der Waals surface area contributed by atoms with E-state index in [-0.39, 0.29) is 18.1 Å². The zero-order valence-electron chi connectivity index (χ0n) is 12.7. The molecule has 1 aliphatic carbocycles. The van der Waals surface area contributed by atoms with Crippen molar-refractivity contribution in [2.24, 2.45) is 0 Å². The lowest BCUT2D eigenvalue weighted by Gasteiger charge is -2.21. The van der Waals surface area contributed by atoms with Gasteiger partial charge in [-0.2, -0.15) is 0 Å². The molecule has 2 N–H and O–H groups in total. The summed E-state index contributed by atoms with van der Waals surface area (Å²) in [4.78, 5) is 28.3. The highest BCUT2D eigenvalue weighted by Crippen LogP contribution is 2.39. The molecule has 1 aliphatic rings. The molecule has 0 bridgehead atoms. The van der Waals surface area contributed by atoms with Gasteiger partial charge in [0.05, 0.1) is 18.7 Å². The van der Waals surface area contributed by atoms with Crippen LogP contribution < -0.4 is 5.32 Å². The summed E-state index contributed by atoms with van der Waals surface area (Å²) in [6.45, 7) is 2.27. The van der Waals surface area contributed by atoms with Gasteiger partial charge < -0.3 is 14.7 Å². The van der Waals surface area contributed by atoms with Crippen molar-refractivity contribution < 1.29 is 14.0 Å². The maximum absolute atomic E-state index is 12.6. The molecule has 116 valence electrons. The second kappa shape index (κ2) is 5.12. The Hall–Kier alpha value is -2.82. The van der Waals surface area contributed by atoms with Crippen LogP contribution in [-0.4, -0.2) is 16.7 Å². The van der Waals surface area contributed by atoms with E-state index in [1.54, 1.807) is 18.4 Å². The third kappa shape index (κ3) is 2.16. The lowest BCUT2D eigenvalue weighted by atomic mass is 9.82. The number of aromatic nitrogens is 1. The Balaban J connectivity index is 1.70. The Labute approximate surface area is 132 Å². The number of benzene rings is 1. The molecule has 0 radical (unpaired) electrons. The smallest absolute Gasteiger partial charge is 0.228 e. The summed E-state index contributed by atoms with van der Waals surface area (Å²) in [5, 5.41) is 3.76. The quantitative estimate of drug-likeness (QED) is 0.781. The molecule has 4 rings (SSSR count). The van der Waals surface area contributed by atoms with E-state index in [0.29, 0.717) is 17.9 Å². The van der Waals surface area contributed by atoms with Gasteiger partial charge in [0.15, 0.2) is 5.78 Å². The van der Waals surface area contributed by atoms with E-state index in [4.69, 9.17) is 4.42 Å². The topological polar surface area (TPSA) is 75.1 Å². The van der Waals surface area contributed by atoms with Crippen LogP contribution >= 0.6 is 0 Å². The minimum atomic E-state index is -0.457. The van der Waals surface area contributed by atoms with Gasteiger partial charge in [-0.05, 0) is 30.7 Å². The van der Waals surface area contributed by atoms with Crippen LogP contribution in [0, 0.1) is 6.92 Å². The molecule has 0 saturated heterocycles. The van der Waals surface area contributed by atoms with Gasteiger partial charge in [0.25, 0.3) is 0 Å². The van der Waals surface area contributed by atoms with Crippen LogP contribution in [-0.2, 0) is 11.3 Å². The molecule has 23 heavy (non-hydrogen) atoms. The Bertz CT molecular complexity index is 906. The predicted molar refractivity (Wildman–Crippen MR) is 85.3 cm³/mol. The second-order valence-electron chi connectivity index (χ2n) is 5.87. The fourth-order valence-corrected chi connectivity index (χ4v) is 3.40. The number of ketones is 1. The maximum atomic E-state index is 12.6. The summed E-state index contributed by atoms with van der Waals surface area (Å²) < 4.78 is 5.23. The molecule has 3 aromatic rings. The summed E-state index contributed by atoms with van der Waals surface area (Å²) in [7, 11) is 0. The van der Waals surface area contributed by atoms with E-state index in [9.17, 15) is 9.59 Å². The fraction of sp³-hybridized carbons (Fsp3) is 0.222. The molecule has 5 heteroatoms. The van der Waals surface area contributed by atoms with Crippen molar-refractivity contribution in [2.45, 2.75) is 25.8 Å². The van der Waals surface area contributed by atoms with E-state index in [1.807, 2.05) is 25.1 Å². The van der Waals surface area contributed by atoms with E-state index < -0.39 is 5.92 Å². The molecular weight excluding hydrogens is 292 g/mol.